The lowest BCUT2D eigenvalue weighted by molar-refractivity contribution is 0.0354. The minimum Gasteiger partial charge on any atom is -0.382 e. The fourth-order valence-electron chi connectivity index (χ4n) is 4.91. The van der Waals surface area contributed by atoms with Crippen LogP contribution < -0.4 is 16.4 Å². The first-order chi connectivity index (χ1) is 18.1. The quantitative estimate of drug-likeness (QED) is 0.284. The van der Waals surface area contributed by atoms with Gasteiger partial charge in [-0.25, -0.2) is 36.9 Å². The molecule has 38 heavy (non-hydrogen) atoms. The predicted molar refractivity (Wildman–Crippen MR) is 132 cm³/mol. The molecule has 8 nitrogen and oxygen atoms in total. The summed E-state index contributed by atoms with van der Waals surface area (Å²) < 4.78 is 71.1. The van der Waals surface area contributed by atoms with E-state index in [-0.39, 0.29) is 30.2 Å². The number of benzene rings is 1. The number of aromatic nitrogens is 5. The highest BCUT2D eigenvalue weighted by Gasteiger charge is 2.41. The number of rotatable bonds is 6. The highest BCUT2D eigenvalue weighted by Crippen LogP contribution is 2.35. The number of imidazole rings is 1. The molecule has 0 aliphatic carbocycles. The van der Waals surface area contributed by atoms with E-state index in [0.29, 0.717) is 41.8 Å². The van der Waals surface area contributed by atoms with Gasteiger partial charge in [-0.2, -0.15) is 0 Å². The summed E-state index contributed by atoms with van der Waals surface area (Å²) in [6.45, 7) is 2.26. The molecule has 0 saturated carbocycles. The van der Waals surface area contributed by atoms with E-state index in [9.17, 15) is 22.0 Å². The normalized spacial score (nSPS) is 18.9. The molecule has 2 atom stereocenters. The molecule has 1 saturated heterocycles. The maximum Gasteiger partial charge on any atom is 0.242 e. The summed E-state index contributed by atoms with van der Waals surface area (Å²) >= 11 is 0. The largest absolute Gasteiger partial charge is 0.382 e. The van der Waals surface area contributed by atoms with Gasteiger partial charge in [-0.1, -0.05) is 6.92 Å². The van der Waals surface area contributed by atoms with Crippen molar-refractivity contribution in [2.24, 2.45) is 11.7 Å². The van der Waals surface area contributed by atoms with Gasteiger partial charge < -0.3 is 20.9 Å². The molecule has 5 rings (SSSR count). The van der Waals surface area contributed by atoms with Crippen LogP contribution in [0.4, 0.5) is 33.5 Å². The summed E-state index contributed by atoms with van der Waals surface area (Å²) in [6.07, 6.45) is 2.69. The third-order valence-electron chi connectivity index (χ3n) is 7.23. The number of hydrogen-bond acceptors (Lipinski definition) is 7. The Labute approximate surface area is 214 Å². The summed E-state index contributed by atoms with van der Waals surface area (Å²) in [5, 5.41) is 0. The van der Waals surface area contributed by atoms with Gasteiger partial charge in [0, 0.05) is 30.1 Å². The molecule has 3 aromatic heterocycles. The van der Waals surface area contributed by atoms with E-state index in [1.165, 1.54) is 25.8 Å². The Bertz CT molecular complexity index is 1490. The second-order valence-corrected chi connectivity index (χ2v) is 9.61. The summed E-state index contributed by atoms with van der Waals surface area (Å²) in [7, 11) is 0. The van der Waals surface area contributed by atoms with Crippen molar-refractivity contribution in [3.05, 3.63) is 60.1 Å². The summed E-state index contributed by atoms with van der Waals surface area (Å²) in [4.78, 5) is 18.6. The van der Waals surface area contributed by atoms with Crippen LogP contribution in [0, 0.1) is 23.4 Å². The third-order valence-corrected chi connectivity index (χ3v) is 7.23. The van der Waals surface area contributed by atoms with Gasteiger partial charge in [-0.05, 0) is 36.6 Å². The second kappa shape index (κ2) is 9.78. The average molecular weight is 533 g/mol. The van der Waals surface area contributed by atoms with Crippen LogP contribution in [0.15, 0.2) is 37.1 Å². The zero-order valence-corrected chi connectivity index (χ0v) is 20.4. The van der Waals surface area contributed by atoms with Crippen molar-refractivity contribution >= 4 is 22.7 Å². The molecule has 4 N–H and O–H groups in total. The summed E-state index contributed by atoms with van der Waals surface area (Å²) in [5.41, 5.74) is 13.1. The van der Waals surface area contributed by atoms with Gasteiger partial charge in [0.1, 0.15) is 11.8 Å². The summed E-state index contributed by atoms with van der Waals surface area (Å²) in [5.74, 6) is -5.14. The molecule has 0 radical (unpaired) electrons. The van der Waals surface area contributed by atoms with Gasteiger partial charge in [0.25, 0.3) is 0 Å². The Morgan fingerprint density at radius 3 is 2.63 bits per heavy atom. The van der Waals surface area contributed by atoms with E-state index in [0.717, 1.165) is 12.1 Å². The Balaban J connectivity index is 1.60. The minimum atomic E-state index is -2.58. The molecule has 0 bridgehead atoms. The molecule has 0 unspecified atom stereocenters. The van der Waals surface area contributed by atoms with Crippen molar-refractivity contribution in [2.75, 3.05) is 23.7 Å². The van der Waals surface area contributed by atoms with Crippen molar-refractivity contribution in [1.82, 2.24) is 24.5 Å². The molecule has 1 aliphatic rings. The molecular weight excluding hydrogens is 507 g/mol. The standard InChI is InChI=1S/C25H25F5N8/c1-13(22(29)30)25(32)5-2-6-37(10-25)18-8-33-17(15-3-4-16(26)20(28)19(15)27)7-14(18)9-38-12-36-21-23(31)34-11-35-24(21)38/h3-4,7-8,11-13,22H,2,5-6,9-10,32H2,1H3,(H2,31,34,35)/t13-,25+/m0/s1. The number of halogens is 5. The lowest BCUT2D eigenvalue weighted by Gasteiger charge is -2.45. The van der Waals surface area contributed by atoms with Gasteiger partial charge in [0.2, 0.25) is 6.43 Å². The molecule has 1 aliphatic heterocycles. The van der Waals surface area contributed by atoms with E-state index < -0.39 is 35.3 Å². The number of pyridine rings is 1. The van der Waals surface area contributed by atoms with Crippen molar-refractivity contribution in [3.63, 3.8) is 0 Å². The second-order valence-electron chi connectivity index (χ2n) is 9.61. The lowest BCUT2D eigenvalue weighted by atomic mass is 9.79. The Hall–Kier alpha value is -3.87. The first kappa shape index (κ1) is 25.8. The molecule has 1 aromatic carbocycles. The molecule has 200 valence electrons. The smallest absolute Gasteiger partial charge is 0.242 e. The van der Waals surface area contributed by atoms with Crippen LogP contribution >= 0.6 is 0 Å². The zero-order chi connectivity index (χ0) is 27.2. The number of alkyl halides is 2. The van der Waals surface area contributed by atoms with Gasteiger partial charge in [0.15, 0.2) is 28.9 Å². The number of nitrogens with zero attached hydrogens (tertiary/aromatic N) is 6. The molecular formula is C25H25F5N8. The van der Waals surface area contributed by atoms with Crippen LogP contribution in [0.25, 0.3) is 22.4 Å². The van der Waals surface area contributed by atoms with Crippen molar-refractivity contribution in [1.29, 1.82) is 0 Å². The molecule has 4 heterocycles. The van der Waals surface area contributed by atoms with Crippen molar-refractivity contribution in [3.8, 4) is 11.3 Å². The number of anilines is 2. The first-order valence-corrected chi connectivity index (χ1v) is 11.9. The van der Waals surface area contributed by atoms with Crippen LogP contribution in [-0.2, 0) is 6.54 Å². The van der Waals surface area contributed by atoms with Crippen LogP contribution in [0.3, 0.4) is 0 Å². The highest BCUT2D eigenvalue weighted by atomic mass is 19.3. The maximum atomic E-state index is 14.6. The predicted octanol–water partition coefficient (Wildman–Crippen LogP) is 4.14. The third kappa shape index (κ3) is 4.51. The van der Waals surface area contributed by atoms with Gasteiger partial charge in [0.05, 0.1) is 30.5 Å². The van der Waals surface area contributed by atoms with E-state index in [4.69, 9.17) is 11.5 Å². The van der Waals surface area contributed by atoms with Gasteiger partial charge in [-0.3, -0.25) is 4.98 Å². The van der Waals surface area contributed by atoms with E-state index >= 15 is 0 Å². The summed E-state index contributed by atoms with van der Waals surface area (Å²) in [6, 6.07) is 3.48. The maximum absolute atomic E-state index is 14.6. The van der Waals surface area contributed by atoms with Crippen LogP contribution in [0.2, 0.25) is 0 Å². The SMILES string of the molecule is C[C@@H](C(F)F)[C@@]1(N)CCCN(c2cnc(-c3ccc(F)c(F)c3F)cc2Cn2cnc3c(N)ncnc32)C1. The first-order valence-electron chi connectivity index (χ1n) is 11.9. The topological polar surface area (TPSA) is 112 Å². The number of nitrogen functional groups attached to an aromatic ring is 1. The molecule has 13 heteroatoms. The average Bonchev–Trinajstić information content (AvgIpc) is 3.31. The van der Waals surface area contributed by atoms with Gasteiger partial charge in [-0.15, -0.1) is 0 Å². The number of nitrogens with two attached hydrogens (primary N) is 2. The molecule has 4 aromatic rings. The monoisotopic (exact) mass is 532 g/mol. The fraction of sp³-hybridized carbons (Fsp3) is 0.360. The van der Waals surface area contributed by atoms with E-state index in [1.54, 1.807) is 10.6 Å². The minimum absolute atomic E-state index is 0.0654. The highest BCUT2D eigenvalue weighted by molar-refractivity contribution is 5.81. The van der Waals surface area contributed by atoms with E-state index in [2.05, 4.69) is 19.9 Å². The number of hydrogen-bond donors (Lipinski definition) is 2. The van der Waals surface area contributed by atoms with Crippen molar-refractivity contribution < 1.29 is 22.0 Å². The number of fused-ring (bicyclic) bond motifs is 1. The van der Waals surface area contributed by atoms with Crippen LogP contribution in [-0.4, -0.2) is 49.6 Å². The molecule has 1 fully saturated rings. The molecule has 0 spiro atoms. The van der Waals surface area contributed by atoms with Crippen molar-refractivity contribution in [2.45, 2.75) is 38.3 Å². The Kier molecular flexibility index (Phi) is 6.63. The van der Waals surface area contributed by atoms with E-state index in [1.807, 2.05) is 4.90 Å². The van der Waals surface area contributed by atoms with Gasteiger partial charge >= 0.3 is 0 Å². The fourth-order valence-corrected chi connectivity index (χ4v) is 4.91. The lowest BCUT2D eigenvalue weighted by Crippen LogP contribution is -2.60. The number of piperidine rings is 1. The Morgan fingerprint density at radius 2 is 1.87 bits per heavy atom. The van der Waals surface area contributed by atoms with Crippen LogP contribution in [0.5, 0.6) is 0 Å². The Morgan fingerprint density at radius 1 is 1.08 bits per heavy atom. The van der Waals surface area contributed by atoms with Crippen LogP contribution in [0.1, 0.15) is 25.3 Å². The molecule has 0 amide bonds. The zero-order valence-electron chi connectivity index (χ0n) is 20.4.